The minimum Gasteiger partial charge on any atom is -0.355 e. The van der Waals surface area contributed by atoms with Crippen LogP contribution in [0.1, 0.15) is 18.1 Å². The van der Waals surface area contributed by atoms with E-state index in [2.05, 4.69) is 21.2 Å². The summed E-state index contributed by atoms with van der Waals surface area (Å²) in [4.78, 5) is 28.7. The van der Waals surface area contributed by atoms with Crippen LogP contribution < -0.4 is 9.62 Å². The highest BCUT2D eigenvalue weighted by Gasteiger charge is 2.33. The number of rotatable bonds is 11. The number of benzene rings is 3. The maximum atomic E-state index is 14.0. The van der Waals surface area contributed by atoms with Crippen molar-refractivity contribution in [1.82, 2.24) is 10.2 Å². The number of carbonyl (C=O) groups is 2. The van der Waals surface area contributed by atoms with Crippen LogP contribution in [0.25, 0.3) is 0 Å². The summed E-state index contributed by atoms with van der Waals surface area (Å²) >= 11 is 15.9. The van der Waals surface area contributed by atoms with Crippen molar-refractivity contribution in [3.8, 4) is 0 Å². The molecule has 202 valence electrons. The molecule has 3 aromatic carbocycles. The van der Waals surface area contributed by atoms with Gasteiger partial charge in [0.2, 0.25) is 21.8 Å². The van der Waals surface area contributed by atoms with Crippen LogP contribution in [0.4, 0.5) is 5.69 Å². The van der Waals surface area contributed by atoms with E-state index in [1.165, 1.54) is 23.1 Å². The fourth-order valence-electron chi connectivity index (χ4n) is 3.95. The zero-order valence-electron chi connectivity index (χ0n) is 20.9. The van der Waals surface area contributed by atoms with Gasteiger partial charge in [0.1, 0.15) is 12.6 Å². The van der Waals surface area contributed by atoms with Crippen LogP contribution in [-0.4, -0.2) is 50.5 Å². The average Bonchev–Trinajstić information content (AvgIpc) is 2.86. The molecule has 0 aliphatic rings. The van der Waals surface area contributed by atoms with Crippen LogP contribution in [0.15, 0.2) is 77.3 Å². The van der Waals surface area contributed by atoms with Gasteiger partial charge in [-0.25, -0.2) is 8.42 Å². The van der Waals surface area contributed by atoms with E-state index < -0.39 is 28.5 Å². The lowest BCUT2D eigenvalue weighted by Gasteiger charge is -2.33. The third-order valence-corrected chi connectivity index (χ3v) is 7.89. The summed E-state index contributed by atoms with van der Waals surface area (Å²) in [7, 11) is -3.95. The van der Waals surface area contributed by atoms with Gasteiger partial charge in [-0.05, 0) is 48.4 Å². The normalized spacial score (nSPS) is 12.0. The van der Waals surface area contributed by atoms with Gasteiger partial charge in [-0.2, -0.15) is 0 Å². The molecule has 1 N–H and O–H groups in total. The number of nitrogens with zero attached hydrogens (tertiary/aromatic N) is 2. The summed E-state index contributed by atoms with van der Waals surface area (Å²) in [5, 5.41) is 3.20. The van der Waals surface area contributed by atoms with Gasteiger partial charge < -0.3 is 10.2 Å². The Morgan fingerprint density at radius 3 is 2.29 bits per heavy atom. The van der Waals surface area contributed by atoms with Crippen LogP contribution in [0.3, 0.4) is 0 Å². The number of nitrogens with one attached hydrogen (secondary N) is 1. The summed E-state index contributed by atoms with van der Waals surface area (Å²) in [5.41, 5.74) is 1.70. The van der Waals surface area contributed by atoms with E-state index in [9.17, 15) is 18.0 Å². The number of sulfonamides is 1. The number of likely N-dealkylation sites (N-methyl/N-ethyl adjacent to an activating group) is 1. The van der Waals surface area contributed by atoms with Crippen LogP contribution in [0, 0.1) is 0 Å². The Hall–Kier alpha value is -2.59. The molecule has 0 saturated heterocycles. The highest BCUT2D eigenvalue weighted by Crippen LogP contribution is 2.31. The molecule has 0 aliphatic carbocycles. The van der Waals surface area contributed by atoms with Crippen molar-refractivity contribution in [2.75, 3.05) is 23.7 Å². The van der Waals surface area contributed by atoms with Crippen molar-refractivity contribution in [1.29, 1.82) is 0 Å². The molecule has 0 heterocycles. The molecule has 2 amide bonds. The van der Waals surface area contributed by atoms with Crippen molar-refractivity contribution in [3.63, 3.8) is 0 Å². The molecule has 38 heavy (non-hydrogen) atoms. The summed E-state index contributed by atoms with van der Waals surface area (Å²) in [5.74, 6) is -0.912. The first kappa shape index (κ1) is 30.0. The lowest BCUT2D eigenvalue weighted by molar-refractivity contribution is -0.140. The zero-order valence-corrected chi connectivity index (χ0v) is 24.8. The molecule has 0 unspecified atom stereocenters. The third kappa shape index (κ3) is 8.20. The molecule has 0 bridgehead atoms. The molecule has 0 saturated carbocycles. The smallest absolute Gasteiger partial charge is 0.244 e. The van der Waals surface area contributed by atoms with Crippen molar-refractivity contribution in [2.24, 2.45) is 0 Å². The molecule has 3 aromatic rings. The molecule has 7 nitrogen and oxygen atoms in total. The van der Waals surface area contributed by atoms with E-state index in [1.54, 1.807) is 6.92 Å². The zero-order chi connectivity index (χ0) is 27.9. The Labute approximate surface area is 241 Å². The third-order valence-electron chi connectivity index (χ3n) is 5.72. The number of carbonyl (C=O) groups excluding carboxylic acids is 2. The van der Waals surface area contributed by atoms with Crippen molar-refractivity contribution in [2.45, 2.75) is 25.9 Å². The van der Waals surface area contributed by atoms with E-state index in [1.807, 2.05) is 54.6 Å². The Morgan fingerprint density at radius 2 is 1.66 bits per heavy atom. The topological polar surface area (TPSA) is 86.8 Å². The van der Waals surface area contributed by atoms with Gasteiger partial charge >= 0.3 is 0 Å². The molecule has 0 fully saturated rings. The Kier molecular flexibility index (Phi) is 10.6. The summed E-state index contributed by atoms with van der Waals surface area (Å²) in [6, 6.07) is 20.2. The highest BCUT2D eigenvalue weighted by molar-refractivity contribution is 9.10. The number of amides is 2. The Balaban J connectivity index is 2.07. The van der Waals surface area contributed by atoms with Gasteiger partial charge in [0.25, 0.3) is 0 Å². The highest BCUT2D eigenvalue weighted by atomic mass is 79.9. The largest absolute Gasteiger partial charge is 0.355 e. The Morgan fingerprint density at radius 1 is 0.974 bits per heavy atom. The molecular weight excluding hydrogens is 613 g/mol. The predicted molar refractivity (Wildman–Crippen MR) is 156 cm³/mol. The second-order valence-corrected chi connectivity index (χ2v) is 12.3. The number of hydrogen-bond acceptors (Lipinski definition) is 4. The van der Waals surface area contributed by atoms with Gasteiger partial charge in [0.15, 0.2) is 0 Å². The van der Waals surface area contributed by atoms with Gasteiger partial charge in [-0.15, -0.1) is 0 Å². The standard InChI is InChI=1S/C27H28BrCl2N3O4S/c1-3-31-27(35)25(15-19-8-5-4-6-9-19)32(17-20-10-7-11-21(28)14-20)26(34)18-33(38(2,36)37)24-16-22(29)12-13-23(24)30/h4-14,16,25H,3,15,17-18H2,1-2H3,(H,31,35)/t25-/m1/s1. The van der Waals surface area contributed by atoms with E-state index in [0.717, 1.165) is 26.2 Å². The summed E-state index contributed by atoms with van der Waals surface area (Å²) < 4.78 is 27.4. The van der Waals surface area contributed by atoms with E-state index in [-0.39, 0.29) is 34.6 Å². The van der Waals surface area contributed by atoms with E-state index in [0.29, 0.717) is 6.54 Å². The average molecular weight is 641 g/mol. The first-order valence-corrected chi connectivity index (χ1v) is 15.2. The van der Waals surface area contributed by atoms with Crippen molar-refractivity contribution < 1.29 is 18.0 Å². The lowest BCUT2D eigenvalue weighted by Crippen LogP contribution is -2.53. The maximum Gasteiger partial charge on any atom is 0.244 e. The summed E-state index contributed by atoms with van der Waals surface area (Å²) in [6.07, 6.45) is 1.23. The summed E-state index contributed by atoms with van der Waals surface area (Å²) in [6.45, 7) is 1.67. The van der Waals surface area contributed by atoms with Gasteiger partial charge in [0.05, 0.1) is 17.0 Å². The second kappa shape index (κ2) is 13.5. The van der Waals surface area contributed by atoms with Crippen LogP contribution in [-0.2, 0) is 32.6 Å². The van der Waals surface area contributed by atoms with Crippen LogP contribution >= 0.6 is 39.1 Å². The van der Waals surface area contributed by atoms with Gasteiger partial charge in [0, 0.05) is 29.0 Å². The monoisotopic (exact) mass is 639 g/mol. The van der Waals surface area contributed by atoms with E-state index in [4.69, 9.17) is 23.2 Å². The number of hydrogen-bond donors (Lipinski definition) is 1. The van der Waals surface area contributed by atoms with Crippen molar-refractivity contribution >= 4 is 66.7 Å². The minimum atomic E-state index is -3.95. The molecule has 3 rings (SSSR count). The first-order chi connectivity index (χ1) is 18.0. The molecule has 0 spiro atoms. The fraction of sp³-hybridized carbons (Fsp3) is 0.259. The molecule has 0 aromatic heterocycles. The van der Waals surface area contributed by atoms with E-state index >= 15 is 0 Å². The molecule has 11 heteroatoms. The second-order valence-electron chi connectivity index (χ2n) is 8.62. The maximum absolute atomic E-state index is 14.0. The molecule has 0 radical (unpaired) electrons. The number of anilines is 1. The molecule has 1 atom stereocenters. The van der Waals surface area contributed by atoms with Crippen LogP contribution in [0.2, 0.25) is 10.0 Å². The fourth-order valence-corrected chi connectivity index (χ4v) is 5.69. The molecular formula is C27H28BrCl2N3O4S. The SMILES string of the molecule is CCNC(=O)[C@@H](Cc1ccccc1)N(Cc1cccc(Br)c1)C(=O)CN(c1cc(Cl)ccc1Cl)S(C)(=O)=O. The van der Waals surface area contributed by atoms with Crippen LogP contribution in [0.5, 0.6) is 0 Å². The van der Waals surface area contributed by atoms with Gasteiger partial charge in [-0.3, -0.25) is 13.9 Å². The first-order valence-electron chi connectivity index (χ1n) is 11.8. The minimum absolute atomic E-state index is 0.0772. The Bertz CT molecular complexity index is 1390. The lowest BCUT2D eigenvalue weighted by atomic mass is 10.0. The molecule has 0 aliphatic heterocycles. The number of halogens is 3. The van der Waals surface area contributed by atoms with Gasteiger partial charge in [-0.1, -0.05) is 81.6 Å². The predicted octanol–water partition coefficient (Wildman–Crippen LogP) is 5.30. The van der Waals surface area contributed by atoms with Crippen molar-refractivity contribution in [3.05, 3.63) is 98.4 Å². The quantitative estimate of drug-likeness (QED) is 0.308.